The second-order valence-electron chi connectivity index (χ2n) is 4.10. The van der Waals surface area contributed by atoms with Gasteiger partial charge in [0.1, 0.15) is 0 Å². The summed E-state index contributed by atoms with van der Waals surface area (Å²) in [4.78, 5) is 9.74. The fourth-order valence-corrected chi connectivity index (χ4v) is 3.11. The molecule has 0 bridgehead atoms. The smallest absolute Gasteiger partial charge is 0.291 e. The van der Waals surface area contributed by atoms with Crippen molar-refractivity contribution in [2.45, 2.75) is 4.90 Å². The van der Waals surface area contributed by atoms with E-state index in [1.54, 1.807) is 12.1 Å². The average molecular weight is 372 g/mol. The molecule has 0 aliphatic carbocycles. The first kappa shape index (κ1) is 15.3. The van der Waals surface area contributed by atoms with Crippen LogP contribution in [0.5, 0.6) is 0 Å². The van der Waals surface area contributed by atoms with Gasteiger partial charge in [-0.25, -0.2) is 8.42 Å². The molecule has 3 N–H and O–H groups in total. The Hall–Kier alpha value is -2.13. The zero-order valence-corrected chi connectivity index (χ0v) is 12.9. The topological polar surface area (TPSA) is 115 Å². The van der Waals surface area contributed by atoms with Gasteiger partial charge in [-0.1, -0.05) is 15.9 Å². The van der Waals surface area contributed by atoms with Crippen LogP contribution in [0.1, 0.15) is 0 Å². The van der Waals surface area contributed by atoms with Crippen molar-refractivity contribution in [1.82, 2.24) is 0 Å². The summed E-state index contributed by atoms with van der Waals surface area (Å²) in [7, 11) is -4.08. The number of nitrogens with zero attached hydrogens (tertiary/aromatic N) is 1. The lowest BCUT2D eigenvalue weighted by Gasteiger charge is -2.09. The van der Waals surface area contributed by atoms with Crippen molar-refractivity contribution < 1.29 is 13.3 Å². The van der Waals surface area contributed by atoms with Crippen LogP contribution in [-0.2, 0) is 10.0 Å². The molecule has 0 aliphatic heterocycles. The zero-order chi connectivity index (χ0) is 15.6. The van der Waals surface area contributed by atoms with Crippen LogP contribution in [0, 0.1) is 10.1 Å². The molecule has 7 nitrogen and oxygen atoms in total. The maximum Gasteiger partial charge on any atom is 0.291 e. The van der Waals surface area contributed by atoms with E-state index in [1.807, 2.05) is 0 Å². The molecule has 0 aliphatic rings. The molecule has 0 heterocycles. The lowest BCUT2D eigenvalue weighted by molar-refractivity contribution is -0.387. The van der Waals surface area contributed by atoms with Crippen LogP contribution in [0.4, 0.5) is 17.1 Å². The Morgan fingerprint density at radius 1 is 1.14 bits per heavy atom. The summed E-state index contributed by atoms with van der Waals surface area (Å²) in [6, 6.07) is 9.77. The Morgan fingerprint density at radius 2 is 1.76 bits per heavy atom. The zero-order valence-electron chi connectivity index (χ0n) is 10.5. The standard InChI is InChI=1S/C12H10BrN3O4S/c13-8-1-4-10(5-2-8)15-21(19,20)12-6-3-9(14)7-11(12)16(17)18/h1-7,15H,14H2. The molecule has 0 saturated carbocycles. The number of nitro benzene ring substituents is 1. The first-order valence-electron chi connectivity index (χ1n) is 5.62. The van der Waals surface area contributed by atoms with E-state index in [2.05, 4.69) is 20.7 Å². The first-order chi connectivity index (χ1) is 9.79. The van der Waals surface area contributed by atoms with Crippen LogP contribution < -0.4 is 10.5 Å². The fraction of sp³-hybridized carbons (Fsp3) is 0. The second-order valence-corrected chi connectivity index (χ2v) is 6.66. The number of rotatable bonds is 4. The number of halogens is 1. The average Bonchev–Trinajstić information content (AvgIpc) is 2.40. The molecule has 110 valence electrons. The van der Waals surface area contributed by atoms with Crippen LogP contribution in [0.2, 0.25) is 0 Å². The van der Waals surface area contributed by atoms with Crippen LogP contribution in [0.25, 0.3) is 0 Å². The Labute approximate surface area is 129 Å². The quantitative estimate of drug-likeness (QED) is 0.486. The molecule has 9 heteroatoms. The normalized spacial score (nSPS) is 11.1. The van der Waals surface area contributed by atoms with Crippen molar-refractivity contribution in [1.29, 1.82) is 0 Å². The Bertz CT molecular complexity index is 791. The lowest BCUT2D eigenvalue weighted by Crippen LogP contribution is -2.14. The van der Waals surface area contributed by atoms with E-state index in [0.717, 1.165) is 16.6 Å². The van der Waals surface area contributed by atoms with E-state index in [9.17, 15) is 18.5 Å². The molecule has 21 heavy (non-hydrogen) atoms. The van der Waals surface area contributed by atoms with Gasteiger partial charge in [0.25, 0.3) is 15.7 Å². The molecule has 2 rings (SSSR count). The predicted octanol–water partition coefficient (Wildman–Crippen LogP) is 2.74. The lowest BCUT2D eigenvalue weighted by atomic mass is 10.3. The monoisotopic (exact) mass is 371 g/mol. The number of anilines is 2. The van der Waals surface area contributed by atoms with Gasteiger partial charge < -0.3 is 5.73 Å². The van der Waals surface area contributed by atoms with Gasteiger partial charge in [0.05, 0.1) is 4.92 Å². The molecule has 0 saturated heterocycles. The van der Waals surface area contributed by atoms with Gasteiger partial charge in [-0.3, -0.25) is 14.8 Å². The highest BCUT2D eigenvalue weighted by molar-refractivity contribution is 9.10. The van der Waals surface area contributed by atoms with E-state index in [1.165, 1.54) is 18.2 Å². The van der Waals surface area contributed by atoms with Crippen molar-refractivity contribution >= 4 is 43.0 Å². The third kappa shape index (κ3) is 3.50. The Kier molecular flexibility index (Phi) is 4.14. The van der Waals surface area contributed by atoms with E-state index in [4.69, 9.17) is 5.73 Å². The van der Waals surface area contributed by atoms with Gasteiger partial charge in [0, 0.05) is 21.9 Å². The minimum Gasteiger partial charge on any atom is -0.399 e. The molecular weight excluding hydrogens is 362 g/mol. The molecule has 0 radical (unpaired) electrons. The van der Waals surface area contributed by atoms with Crippen molar-refractivity contribution in [3.05, 3.63) is 57.1 Å². The maximum atomic E-state index is 12.3. The highest BCUT2D eigenvalue weighted by Gasteiger charge is 2.26. The number of hydrogen-bond acceptors (Lipinski definition) is 5. The number of nitrogens with one attached hydrogen (secondary N) is 1. The number of sulfonamides is 1. The third-order valence-corrected chi connectivity index (χ3v) is 4.52. The summed E-state index contributed by atoms with van der Waals surface area (Å²) in [6.45, 7) is 0. The summed E-state index contributed by atoms with van der Waals surface area (Å²) in [6.07, 6.45) is 0. The summed E-state index contributed by atoms with van der Waals surface area (Å²) in [5.41, 5.74) is 5.29. The number of hydrogen-bond donors (Lipinski definition) is 2. The van der Waals surface area contributed by atoms with Gasteiger partial charge in [0.2, 0.25) is 0 Å². The highest BCUT2D eigenvalue weighted by atomic mass is 79.9. The Balaban J connectivity index is 2.44. The van der Waals surface area contributed by atoms with Crippen molar-refractivity contribution in [3.63, 3.8) is 0 Å². The van der Waals surface area contributed by atoms with E-state index in [-0.39, 0.29) is 5.69 Å². The summed E-state index contributed by atoms with van der Waals surface area (Å²) < 4.78 is 27.6. The molecular formula is C12H10BrN3O4S. The largest absolute Gasteiger partial charge is 0.399 e. The van der Waals surface area contributed by atoms with Gasteiger partial charge in [-0.05, 0) is 36.4 Å². The molecule has 0 spiro atoms. The van der Waals surface area contributed by atoms with Crippen molar-refractivity contribution in [2.24, 2.45) is 0 Å². The minimum atomic E-state index is -4.08. The van der Waals surface area contributed by atoms with E-state index >= 15 is 0 Å². The minimum absolute atomic E-state index is 0.115. The van der Waals surface area contributed by atoms with Crippen LogP contribution >= 0.6 is 15.9 Å². The summed E-state index contributed by atoms with van der Waals surface area (Å²) in [5, 5.41) is 11.0. The maximum absolute atomic E-state index is 12.3. The van der Waals surface area contributed by atoms with Crippen LogP contribution in [0.15, 0.2) is 51.8 Å². The van der Waals surface area contributed by atoms with Crippen molar-refractivity contribution in [2.75, 3.05) is 10.5 Å². The fourth-order valence-electron chi connectivity index (χ4n) is 1.63. The van der Waals surface area contributed by atoms with Crippen LogP contribution in [0.3, 0.4) is 0 Å². The summed E-state index contributed by atoms with van der Waals surface area (Å²) >= 11 is 3.23. The molecule has 0 aromatic heterocycles. The molecule has 0 unspecified atom stereocenters. The SMILES string of the molecule is Nc1ccc(S(=O)(=O)Nc2ccc(Br)cc2)c([N+](=O)[O-])c1. The summed E-state index contributed by atoms with van der Waals surface area (Å²) in [5.74, 6) is 0. The number of nitrogens with two attached hydrogens (primary N) is 1. The number of nitro groups is 1. The first-order valence-corrected chi connectivity index (χ1v) is 7.89. The van der Waals surface area contributed by atoms with Gasteiger partial charge >= 0.3 is 0 Å². The van der Waals surface area contributed by atoms with E-state index < -0.39 is 25.5 Å². The molecule has 0 atom stereocenters. The second kappa shape index (κ2) is 5.70. The van der Waals surface area contributed by atoms with Gasteiger partial charge in [-0.15, -0.1) is 0 Å². The molecule has 0 fully saturated rings. The van der Waals surface area contributed by atoms with Crippen LogP contribution in [-0.4, -0.2) is 13.3 Å². The van der Waals surface area contributed by atoms with Crippen molar-refractivity contribution in [3.8, 4) is 0 Å². The van der Waals surface area contributed by atoms with Gasteiger partial charge in [0.15, 0.2) is 4.90 Å². The third-order valence-electron chi connectivity index (χ3n) is 2.57. The van der Waals surface area contributed by atoms with E-state index in [0.29, 0.717) is 5.69 Å². The Morgan fingerprint density at radius 3 is 2.33 bits per heavy atom. The number of benzene rings is 2. The highest BCUT2D eigenvalue weighted by Crippen LogP contribution is 2.28. The van der Waals surface area contributed by atoms with Gasteiger partial charge in [-0.2, -0.15) is 0 Å². The predicted molar refractivity (Wildman–Crippen MR) is 82.5 cm³/mol. The molecule has 2 aromatic carbocycles. The molecule has 0 amide bonds. The number of nitrogen functional groups attached to an aromatic ring is 1. The molecule has 2 aromatic rings.